The SMILES string of the molecule is COc1ccccc1C[C@H](C)N1CCC[C@H]1c1ccccc1. The van der Waals surface area contributed by atoms with Gasteiger partial charge in [0.15, 0.2) is 0 Å². The summed E-state index contributed by atoms with van der Waals surface area (Å²) in [4.78, 5) is 2.65. The van der Waals surface area contributed by atoms with Crippen molar-refractivity contribution >= 4 is 0 Å². The molecule has 0 bridgehead atoms. The van der Waals surface area contributed by atoms with Gasteiger partial charge in [0.25, 0.3) is 0 Å². The van der Waals surface area contributed by atoms with Gasteiger partial charge in [-0.15, -0.1) is 0 Å². The predicted molar refractivity (Wildman–Crippen MR) is 91.3 cm³/mol. The van der Waals surface area contributed by atoms with Crippen LogP contribution >= 0.6 is 0 Å². The summed E-state index contributed by atoms with van der Waals surface area (Å²) < 4.78 is 5.50. The topological polar surface area (TPSA) is 12.5 Å². The van der Waals surface area contributed by atoms with E-state index in [1.54, 1.807) is 7.11 Å². The van der Waals surface area contributed by atoms with Crippen molar-refractivity contribution in [1.29, 1.82) is 0 Å². The Morgan fingerprint density at radius 2 is 1.82 bits per heavy atom. The van der Waals surface area contributed by atoms with E-state index in [4.69, 9.17) is 4.74 Å². The molecule has 2 atom stereocenters. The van der Waals surface area contributed by atoms with Gasteiger partial charge in [0, 0.05) is 12.1 Å². The van der Waals surface area contributed by atoms with Gasteiger partial charge in [-0.25, -0.2) is 0 Å². The second-order valence-electron chi connectivity index (χ2n) is 6.17. The van der Waals surface area contributed by atoms with Crippen LogP contribution in [-0.4, -0.2) is 24.6 Å². The van der Waals surface area contributed by atoms with Crippen molar-refractivity contribution < 1.29 is 4.74 Å². The van der Waals surface area contributed by atoms with Gasteiger partial charge in [0.1, 0.15) is 5.75 Å². The van der Waals surface area contributed by atoms with Crippen molar-refractivity contribution in [3.63, 3.8) is 0 Å². The van der Waals surface area contributed by atoms with Gasteiger partial charge in [-0.05, 0) is 49.9 Å². The van der Waals surface area contributed by atoms with E-state index in [-0.39, 0.29) is 0 Å². The molecule has 2 nitrogen and oxygen atoms in total. The van der Waals surface area contributed by atoms with E-state index in [9.17, 15) is 0 Å². The van der Waals surface area contributed by atoms with E-state index >= 15 is 0 Å². The maximum atomic E-state index is 5.50. The zero-order valence-electron chi connectivity index (χ0n) is 13.5. The molecule has 0 spiro atoms. The summed E-state index contributed by atoms with van der Waals surface area (Å²) in [6.07, 6.45) is 3.59. The van der Waals surface area contributed by atoms with Crippen molar-refractivity contribution in [3.8, 4) is 5.75 Å². The first kappa shape index (κ1) is 15.1. The van der Waals surface area contributed by atoms with Crippen LogP contribution in [0, 0.1) is 0 Å². The maximum Gasteiger partial charge on any atom is 0.122 e. The average molecular weight is 295 g/mol. The lowest BCUT2D eigenvalue weighted by molar-refractivity contribution is 0.190. The molecule has 0 saturated carbocycles. The highest BCUT2D eigenvalue weighted by molar-refractivity contribution is 5.34. The fourth-order valence-electron chi connectivity index (χ4n) is 3.66. The van der Waals surface area contributed by atoms with Gasteiger partial charge in [0.2, 0.25) is 0 Å². The minimum Gasteiger partial charge on any atom is -0.496 e. The van der Waals surface area contributed by atoms with E-state index in [2.05, 4.69) is 60.4 Å². The zero-order chi connectivity index (χ0) is 15.4. The van der Waals surface area contributed by atoms with Crippen LogP contribution < -0.4 is 4.74 Å². The highest BCUT2D eigenvalue weighted by atomic mass is 16.5. The van der Waals surface area contributed by atoms with Crippen LogP contribution in [0.3, 0.4) is 0 Å². The summed E-state index contributed by atoms with van der Waals surface area (Å²) in [5.41, 5.74) is 2.75. The summed E-state index contributed by atoms with van der Waals surface area (Å²) in [7, 11) is 1.76. The molecule has 0 aliphatic carbocycles. The normalized spacial score (nSPS) is 20.0. The summed E-state index contributed by atoms with van der Waals surface area (Å²) >= 11 is 0. The number of ether oxygens (including phenoxy) is 1. The quantitative estimate of drug-likeness (QED) is 0.807. The number of likely N-dealkylation sites (tertiary alicyclic amines) is 1. The fourth-order valence-corrected chi connectivity index (χ4v) is 3.66. The van der Waals surface area contributed by atoms with Gasteiger partial charge in [-0.3, -0.25) is 4.90 Å². The molecule has 1 heterocycles. The monoisotopic (exact) mass is 295 g/mol. The lowest BCUT2D eigenvalue weighted by Gasteiger charge is -2.31. The average Bonchev–Trinajstić information content (AvgIpc) is 3.06. The van der Waals surface area contributed by atoms with E-state index in [1.165, 1.54) is 30.5 Å². The highest BCUT2D eigenvalue weighted by Gasteiger charge is 2.29. The van der Waals surface area contributed by atoms with Crippen LogP contribution in [0.25, 0.3) is 0 Å². The van der Waals surface area contributed by atoms with Crippen molar-refractivity contribution in [2.24, 2.45) is 0 Å². The zero-order valence-corrected chi connectivity index (χ0v) is 13.5. The Morgan fingerprint density at radius 3 is 2.59 bits per heavy atom. The number of para-hydroxylation sites is 1. The molecule has 2 aromatic carbocycles. The first-order valence-electron chi connectivity index (χ1n) is 8.22. The van der Waals surface area contributed by atoms with Crippen LogP contribution in [0.5, 0.6) is 5.75 Å². The van der Waals surface area contributed by atoms with Crippen LogP contribution in [0.15, 0.2) is 54.6 Å². The molecule has 2 heteroatoms. The van der Waals surface area contributed by atoms with Crippen LogP contribution in [0.2, 0.25) is 0 Å². The fraction of sp³-hybridized carbons (Fsp3) is 0.400. The van der Waals surface area contributed by atoms with Gasteiger partial charge < -0.3 is 4.74 Å². The molecule has 0 unspecified atom stereocenters. The summed E-state index contributed by atoms with van der Waals surface area (Å²) in [5, 5.41) is 0. The Hall–Kier alpha value is -1.80. The van der Waals surface area contributed by atoms with E-state index in [0.29, 0.717) is 12.1 Å². The van der Waals surface area contributed by atoms with Gasteiger partial charge >= 0.3 is 0 Å². The molecule has 0 aromatic heterocycles. The van der Waals surface area contributed by atoms with Gasteiger partial charge in [-0.2, -0.15) is 0 Å². The predicted octanol–water partition coefficient (Wildman–Crippen LogP) is 4.46. The minimum atomic E-state index is 0.518. The number of methoxy groups -OCH3 is 1. The summed E-state index contributed by atoms with van der Waals surface area (Å²) in [6.45, 7) is 3.53. The Kier molecular flexibility index (Phi) is 4.79. The number of hydrogen-bond donors (Lipinski definition) is 0. The van der Waals surface area contributed by atoms with Crippen molar-refractivity contribution in [1.82, 2.24) is 4.90 Å². The van der Waals surface area contributed by atoms with Crippen molar-refractivity contribution in [2.75, 3.05) is 13.7 Å². The van der Waals surface area contributed by atoms with Gasteiger partial charge in [0.05, 0.1) is 7.11 Å². The lowest BCUT2D eigenvalue weighted by atomic mass is 10.0. The standard InChI is InChI=1S/C20H25NO/c1-16(15-18-11-6-7-13-20(18)22-2)21-14-8-12-19(21)17-9-4-3-5-10-17/h3-7,9-11,13,16,19H,8,12,14-15H2,1-2H3/t16-,19-/m0/s1. The van der Waals surface area contributed by atoms with E-state index in [1.807, 2.05) is 6.07 Å². The first-order valence-corrected chi connectivity index (χ1v) is 8.22. The smallest absolute Gasteiger partial charge is 0.122 e. The molecule has 1 fully saturated rings. The summed E-state index contributed by atoms with van der Waals surface area (Å²) in [6, 6.07) is 20.4. The number of nitrogens with zero attached hydrogens (tertiary/aromatic N) is 1. The Bertz CT molecular complexity index is 596. The molecule has 116 valence electrons. The molecule has 0 radical (unpaired) electrons. The third-order valence-electron chi connectivity index (χ3n) is 4.75. The second kappa shape index (κ2) is 6.97. The molecule has 22 heavy (non-hydrogen) atoms. The summed E-state index contributed by atoms with van der Waals surface area (Å²) in [5.74, 6) is 1.00. The van der Waals surface area contributed by atoms with Crippen LogP contribution in [0.4, 0.5) is 0 Å². The number of benzene rings is 2. The second-order valence-corrected chi connectivity index (χ2v) is 6.17. The Balaban J connectivity index is 1.75. The van der Waals surface area contributed by atoms with Crippen molar-refractivity contribution in [3.05, 3.63) is 65.7 Å². The maximum absolute atomic E-state index is 5.50. The van der Waals surface area contributed by atoms with Crippen LogP contribution in [0.1, 0.15) is 36.9 Å². The molecular weight excluding hydrogens is 270 g/mol. The third kappa shape index (κ3) is 3.17. The highest BCUT2D eigenvalue weighted by Crippen LogP contribution is 2.34. The van der Waals surface area contributed by atoms with Gasteiger partial charge in [-0.1, -0.05) is 48.5 Å². The lowest BCUT2D eigenvalue weighted by Crippen LogP contribution is -2.34. The molecule has 2 aromatic rings. The number of hydrogen-bond acceptors (Lipinski definition) is 2. The van der Waals surface area contributed by atoms with Crippen LogP contribution in [-0.2, 0) is 6.42 Å². The molecule has 1 aliphatic heterocycles. The molecule has 3 rings (SSSR count). The molecule has 0 N–H and O–H groups in total. The third-order valence-corrected chi connectivity index (χ3v) is 4.75. The van der Waals surface area contributed by atoms with E-state index in [0.717, 1.165) is 12.2 Å². The molecule has 1 saturated heterocycles. The molecule has 1 aliphatic rings. The Labute approximate surface area is 133 Å². The molecule has 0 amide bonds. The number of rotatable bonds is 5. The Morgan fingerprint density at radius 1 is 1.09 bits per heavy atom. The van der Waals surface area contributed by atoms with E-state index < -0.39 is 0 Å². The molecular formula is C20H25NO. The van der Waals surface area contributed by atoms with Crippen molar-refractivity contribution in [2.45, 2.75) is 38.3 Å². The minimum absolute atomic E-state index is 0.518. The largest absolute Gasteiger partial charge is 0.496 e. The first-order chi connectivity index (χ1) is 10.8.